The highest BCUT2D eigenvalue weighted by atomic mass is 16.2. The highest BCUT2D eigenvalue weighted by molar-refractivity contribution is 5.83. The Morgan fingerprint density at radius 2 is 2.09 bits per heavy atom. The summed E-state index contributed by atoms with van der Waals surface area (Å²) in [5.74, 6) is 0.540. The van der Waals surface area contributed by atoms with Gasteiger partial charge in [0.05, 0.1) is 18.2 Å². The number of amides is 1. The Morgan fingerprint density at radius 3 is 2.78 bits per heavy atom. The number of hydrogen-bond donors (Lipinski definition) is 1. The summed E-state index contributed by atoms with van der Waals surface area (Å²) in [6.45, 7) is 11.0. The van der Waals surface area contributed by atoms with Gasteiger partial charge in [-0.1, -0.05) is 31.6 Å². The number of rotatable bonds is 4. The molecular formula is C19H25N3O. The van der Waals surface area contributed by atoms with Gasteiger partial charge in [0.15, 0.2) is 0 Å². The Hall–Kier alpha value is -2.10. The number of hydrogen-bond acceptors (Lipinski definition) is 2. The van der Waals surface area contributed by atoms with Crippen LogP contribution in [0.5, 0.6) is 0 Å². The number of pyridine rings is 1. The van der Waals surface area contributed by atoms with E-state index in [4.69, 9.17) is 0 Å². The second-order valence-corrected chi connectivity index (χ2v) is 7.49. The summed E-state index contributed by atoms with van der Waals surface area (Å²) < 4.78 is 2.00. The molecule has 122 valence electrons. The van der Waals surface area contributed by atoms with Gasteiger partial charge in [-0.2, -0.15) is 0 Å². The molecule has 1 aliphatic carbocycles. The Morgan fingerprint density at radius 1 is 1.35 bits per heavy atom. The van der Waals surface area contributed by atoms with Crippen LogP contribution >= 0.6 is 0 Å². The van der Waals surface area contributed by atoms with E-state index in [0.717, 1.165) is 11.3 Å². The van der Waals surface area contributed by atoms with Crippen molar-refractivity contribution in [2.45, 2.75) is 41.2 Å². The van der Waals surface area contributed by atoms with Gasteiger partial charge in [-0.05, 0) is 43.7 Å². The van der Waals surface area contributed by atoms with Gasteiger partial charge in [-0.25, -0.2) is 4.98 Å². The summed E-state index contributed by atoms with van der Waals surface area (Å²) in [5.41, 5.74) is 4.32. The molecule has 2 heterocycles. The predicted molar refractivity (Wildman–Crippen MR) is 92.0 cm³/mol. The molecule has 0 spiro atoms. The van der Waals surface area contributed by atoms with Crippen LogP contribution in [0.2, 0.25) is 0 Å². The van der Waals surface area contributed by atoms with Crippen molar-refractivity contribution in [2.75, 3.05) is 0 Å². The smallest absolute Gasteiger partial charge is 0.224 e. The van der Waals surface area contributed by atoms with E-state index in [2.05, 4.69) is 51.0 Å². The van der Waals surface area contributed by atoms with Gasteiger partial charge < -0.3 is 9.72 Å². The molecule has 2 aromatic heterocycles. The van der Waals surface area contributed by atoms with Gasteiger partial charge in [0.25, 0.3) is 0 Å². The molecule has 1 amide bonds. The minimum atomic E-state index is 0.0530. The average Bonchev–Trinajstić information content (AvgIpc) is 2.81. The fourth-order valence-corrected chi connectivity index (χ4v) is 3.38. The number of aromatic nitrogens is 2. The van der Waals surface area contributed by atoms with Gasteiger partial charge >= 0.3 is 0 Å². The number of nitrogens with one attached hydrogen (secondary N) is 1. The Labute approximate surface area is 137 Å². The molecule has 1 saturated carbocycles. The maximum Gasteiger partial charge on any atom is 0.224 e. The number of imidazole rings is 1. The summed E-state index contributed by atoms with van der Waals surface area (Å²) in [4.78, 5) is 17.0. The number of carbonyl (C=O) groups excluding carboxylic acids is 1. The standard InChI is InChI=1S/C19H25N3O/c1-12(2)8-15-17(19(15,4)5)18(23)20-9-14-11-22-10-13(3)6-7-16(22)21-14/h6-8,10-11,15,17H,9H2,1-5H3,(H,20,23). The van der Waals surface area contributed by atoms with E-state index in [9.17, 15) is 4.79 Å². The molecule has 2 atom stereocenters. The molecule has 4 heteroatoms. The second-order valence-electron chi connectivity index (χ2n) is 7.49. The molecule has 4 nitrogen and oxygen atoms in total. The van der Waals surface area contributed by atoms with Gasteiger partial charge in [-0.15, -0.1) is 0 Å². The zero-order valence-corrected chi connectivity index (χ0v) is 14.6. The number of aryl methyl sites for hydroxylation is 1. The molecule has 2 aromatic rings. The van der Waals surface area contributed by atoms with Gasteiger partial charge in [0, 0.05) is 12.4 Å². The van der Waals surface area contributed by atoms with Crippen molar-refractivity contribution in [2.24, 2.45) is 17.3 Å². The van der Waals surface area contributed by atoms with Crippen molar-refractivity contribution in [3.8, 4) is 0 Å². The summed E-state index contributed by atoms with van der Waals surface area (Å²) in [7, 11) is 0. The zero-order chi connectivity index (χ0) is 16.8. The van der Waals surface area contributed by atoms with Crippen LogP contribution in [0.15, 0.2) is 36.2 Å². The third-order valence-electron chi connectivity index (χ3n) is 4.80. The van der Waals surface area contributed by atoms with Crippen molar-refractivity contribution in [3.63, 3.8) is 0 Å². The largest absolute Gasteiger partial charge is 0.350 e. The quantitative estimate of drug-likeness (QED) is 0.879. The summed E-state index contributed by atoms with van der Waals surface area (Å²) >= 11 is 0. The monoisotopic (exact) mass is 311 g/mol. The number of allylic oxidation sites excluding steroid dienone is 2. The highest BCUT2D eigenvalue weighted by Gasteiger charge is 2.60. The topological polar surface area (TPSA) is 46.4 Å². The van der Waals surface area contributed by atoms with Crippen LogP contribution < -0.4 is 5.32 Å². The third-order valence-corrected chi connectivity index (χ3v) is 4.80. The molecule has 23 heavy (non-hydrogen) atoms. The van der Waals surface area contributed by atoms with Crippen LogP contribution in [0.25, 0.3) is 5.65 Å². The first-order valence-electron chi connectivity index (χ1n) is 8.16. The first kappa shape index (κ1) is 15.8. The summed E-state index contributed by atoms with van der Waals surface area (Å²) in [6, 6.07) is 4.04. The van der Waals surface area contributed by atoms with Crippen LogP contribution in [-0.2, 0) is 11.3 Å². The van der Waals surface area contributed by atoms with Crippen LogP contribution in [-0.4, -0.2) is 15.3 Å². The molecular weight excluding hydrogens is 286 g/mol. The van der Waals surface area contributed by atoms with E-state index in [1.807, 2.05) is 28.9 Å². The van der Waals surface area contributed by atoms with Gasteiger partial charge in [-0.3, -0.25) is 4.79 Å². The Bertz CT molecular complexity index is 781. The molecule has 0 saturated heterocycles. The fraction of sp³-hybridized carbons (Fsp3) is 0.474. The fourth-order valence-electron chi connectivity index (χ4n) is 3.38. The third kappa shape index (κ3) is 3.03. The lowest BCUT2D eigenvalue weighted by molar-refractivity contribution is -0.123. The van der Waals surface area contributed by atoms with Crippen LogP contribution in [0.4, 0.5) is 0 Å². The normalized spacial score (nSPS) is 22.0. The number of fused-ring (bicyclic) bond motifs is 1. The molecule has 1 N–H and O–H groups in total. The predicted octanol–water partition coefficient (Wildman–Crippen LogP) is 3.50. The first-order valence-corrected chi connectivity index (χ1v) is 8.16. The van der Waals surface area contributed by atoms with Gasteiger partial charge in [0.1, 0.15) is 5.65 Å². The zero-order valence-electron chi connectivity index (χ0n) is 14.6. The van der Waals surface area contributed by atoms with E-state index >= 15 is 0 Å². The molecule has 1 fully saturated rings. The Balaban J connectivity index is 1.66. The second kappa shape index (κ2) is 5.52. The van der Waals surface area contributed by atoms with Gasteiger partial charge in [0.2, 0.25) is 5.91 Å². The molecule has 2 unspecified atom stereocenters. The average molecular weight is 311 g/mol. The summed E-state index contributed by atoms with van der Waals surface area (Å²) in [5, 5.41) is 3.05. The molecule has 0 aromatic carbocycles. The van der Waals surface area contributed by atoms with E-state index < -0.39 is 0 Å². The van der Waals surface area contributed by atoms with Crippen LogP contribution in [0, 0.1) is 24.2 Å². The van der Waals surface area contributed by atoms with Crippen molar-refractivity contribution in [1.82, 2.24) is 14.7 Å². The lowest BCUT2D eigenvalue weighted by Crippen LogP contribution is -2.26. The van der Waals surface area contributed by atoms with E-state index in [1.54, 1.807) is 0 Å². The van der Waals surface area contributed by atoms with Crippen LogP contribution in [0.3, 0.4) is 0 Å². The van der Waals surface area contributed by atoms with Crippen molar-refractivity contribution < 1.29 is 4.79 Å². The molecule has 3 rings (SSSR count). The van der Waals surface area contributed by atoms with E-state index in [1.165, 1.54) is 11.1 Å². The number of carbonyl (C=O) groups is 1. The minimum absolute atomic E-state index is 0.0530. The molecule has 0 radical (unpaired) electrons. The highest BCUT2D eigenvalue weighted by Crippen LogP contribution is 2.59. The Kier molecular flexibility index (Phi) is 3.78. The van der Waals surface area contributed by atoms with Crippen molar-refractivity contribution in [3.05, 3.63) is 47.4 Å². The maximum absolute atomic E-state index is 12.5. The summed E-state index contributed by atoms with van der Waals surface area (Å²) in [6.07, 6.45) is 6.24. The first-order chi connectivity index (χ1) is 10.8. The SMILES string of the molecule is CC(C)=CC1C(C(=O)NCc2cn3cc(C)ccc3n2)C1(C)C. The maximum atomic E-state index is 12.5. The molecule has 0 bridgehead atoms. The minimum Gasteiger partial charge on any atom is -0.350 e. The van der Waals surface area contributed by atoms with Crippen molar-refractivity contribution in [1.29, 1.82) is 0 Å². The van der Waals surface area contributed by atoms with E-state index in [0.29, 0.717) is 12.5 Å². The molecule has 0 aliphatic heterocycles. The van der Waals surface area contributed by atoms with Crippen molar-refractivity contribution >= 4 is 11.6 Å². The number of nitrogens with zero attached hydrogens (tertiary/aromatic N) is 2. The van der Waals surface area contributed by atoms with Crippen LogP contribution in [0.1, 0.15) is 39.0 Å². The van der Waals surface area contributed by atoms with E-state index in [-0.39, 0.29) is 17.2 Å². The molecule has 1 aliphatic rings. The lowest BCUT2D eigenvalue weighted by Gasteiger charge is -2.04. The lowest BCUT2D eigenvalue weighted by atomic mass is 10.1.